The molecule has 1 saturated heterocycles. The summed E-state index contributed by atoms with van der Waals surface area (Å²) in [5, 5.41) is 11.2. The van der Waals surface area contributed by atoms with Crippen molar-refractivity contribution in [3.63, 3.8) is 0 Å². The van der Waals surface area contributed by atoms with Gasteiger partial charge in [-0.15, -0.1) is 6.58 Å². The standard InChI is InChI=1S/C36H62N6O7S/c1-12-18-37-31(45)28(43)25(19-22-14-13-15-22)38-30(44)27-23-16-17-36(8,9)24(23)20-42(27)32(46)29(35(5,6)7)40-33(47)39-26(34(2,3)4)21-41(10)50(11,48)49/h12,22-27,29H,1,13-21H2,2-11H3,(H,37,45)(H,38,44)(H2,39,40,47)/t23-,24-,25?,26+,27-,29+/m0/s1. The van der Waals surface area contributed by atoms with Crippen molar-refractivity contribution in [1.82, 2.24) is 30.5 Å². The molecular formula is C36H62N6O7S. The molecule has 0 spiro atoms. The molecule has 0 aromatic heterocycles. The van der Waals surface area contributed by atoms with Crippen LogP contribution in [0.15, 0.2) is 12.7 Å². The van der Waals surface area contributed by atoms with Crippen molar-refractivity contribution in [1.29, 1.82) is 0 Å². The van der Waals surface area contributed by atoms with E-state index in [0.717, 1.165) is 38.4 Å². The van der Waals surface area contributed by atoms with E-state index in [1.807, 2.05) is 41.5 Å². The lowest BCUT2D eigenvalue weighted by molar-refractivity contribution is -0.144. The first kappa shape index (κ1) is 41.4. The maximum absolute atomic E-state index is 14.6. The van der Waals surface area contributed by atoms with Gasteiger partial charge in [0.1, 0.15) is 12.1 Å². The second-order valence-electron chi connectivity index (χ2n) is 17.6. The Morgan fingerprint density at radius 3 is 2.10 bits per heavy atom. The van der Waals surface area contributed by atoms with E-state index < -0.39 is 74.6 Å². The topological polar surface area (TPSA) is 174 Å². The van der Waals surface area contributed by atoms with Crippen LogP contribution in [-0.4, -0.2) is 104 Å². The molecule has 50 heavy (non-hydrogen) atoms. The average molecular weight is 723 g/mol. The molecule has 6 atom stereocenters. The monoisotopic (exact) mass is 722 g/mol. The van der Waals surface area contributed by atoms with Crippen LogP contribution in [0.25, 0.3) is 0 Å². The third-order valence-corrected chi connectivity index (χ3v) is 12.4. The first-order chi connectivity index (χ1) is 22.9. The highest BCUT2D eigenvalue weighted by Gasteiger charge is 2.57. The summed E-state index contributed by atoms with van der Waals surface area (Å²) in [6.45, 7) is 19.5. The van der Waals surface area contributed by atoms with Gasteiger partial charge in [-0.25, -0.2) is 17.5 Å². The summed E-state index contributed by atoms with van der Waals surface area (Å²) in [6.07, 6.45) is 7.39. The third-order valence-electron chi connectivity index (χ3n) is 11.1. The number of Topliss-reactive ketones (excluding diaryl/α,β-unsaturated/α-hetero) is 1. The number of likely N-dealkylation sites (N-methyl/N-ethyl adjacent to an activating group) is 1. The summed E-state index contributed by atoms with van der Waals surface area (Å²) < 4.78 is 25.5. The fraction of sp³-hybridized carbons (Fsp3) is 0.806. The van der Waals surface area contributed by atoms with Crippen LogP contribution in [0.2, 0.25) is 0 Å². The molecule has 5 amide bonds. The second kappa shape index (κ2) is 15.7. The van der Waals surface area contributed by atoms with Gasteiger partial charge in [0, 0.05) is 32.7 Å². The van der Waals surface area contributed by atoms with E-state index in [2.05, 4.69) is 41.7 Å². The minimum atomic E-state index is -3.51. The number of carbonyl (C=O) groups is 5. The molecule has 284 valence electrons. The van der Waals surface area contributed by atoms with E-state index >= 15 is 0 Å². The molecule has 0 radical (unpaired) electrons. The number of nitrogens with zero attached hydrogens (tertiary/aromatic N) is 2. The van der Waals surface area contributed by atoms with E-state index in [4.69, 9.17) is 0 Å². The maximum atomic E-state index is 14.6. The minimum Gasteiger partial charge on any atom is -0.346 e. The Balaban J connectivity index is 1.91. The van der Waals surface area contributed by atoms with Gasteiger partial charge in [0.25, 0.3) is 5.91 Å². The number of sulfonamides is 1. The molecule has 2 aliphatic carbocycles. The molecule has 1 aliphatic heterocycles. The third kappa shape index (κ3) is 10.1. The zero-order valence-electron chi connectivity index (χ0n) is 31.9. The number of hydrogen-bond donors (Lipinski definition) is 4. The number of carbonyl (C=O) groups excluding carboxylic acids is 5. The molecule has 13 nitrogen and oxygen atoms in total. The molecular weight excluding hydrogens is 660 g/mol. The molecule has 2 saturated carbocycles. The van der Waals surface area contributed by atoms with Crippen LogP contribution in [0.1, 0.15) is 93.9 Å². The fourth-order valence-electron chi connectivity index (χ4n) is 7.42. The summed E-state index contributed by atoms with van der Waals surface area (Å²) in [5.74, 6) is -2.30. The largest absolute Gasteiger partial charge is 0.346 e. The molecule has 0 bridgehead atoms. The molecule has 14 heteroatoms. The number of urea groups is 1. The Morgan fingerprint density at radius 2 is 1.60 bits per heavy atom. The number of rotatable bonds is 14. The quantitative estimate of drug-likeness (QED) is 0.158. The Labute approximate surface area is 299 Å². The highest BCUT2D eigenvalue weighted by Crippen LogP contribution is 2.53. The van der Waals surface area contributed by atoms with Crippen LogP contribution in [0.5, 0.6) is 0 Å². The van der Waals surface area contributed by atoms with Crippen LogP contribution < -0.4 is 21.3 Å². The smallest absolute Gasteiger partial charge is 0.315 e. The van der Waals surface area contributed by atoms with Crippen LogP contribution in [-0.2, 0) is 29.2 Å². The molecule has 1 unspecified atom stereocenters. The van der Waals surface area contributed by atoms with Gasteiger partial charge in [-0.2, -0.15) is 0 Å². The van der Waals surface area contributed by atoms with Crippen molar-refractivity contribution < 1.29 is 32.4 Å². The lowest BCUT2D eigenvalue weighted by atomic mass is 9.79. The van der Waals surface area contributed by atoms with Crippen molar-refractivity contribution in [3.8, 4) is 0 Å². The average Bonchev–Trinajstić information content (AvgIpc) is 3.49. The predicted octanol–water partition coefficient (Wildman–Crippen LogP) is 2.82. The van der Waals surface area contributed by atoms with E-state index in [1.54, 1.807) is 4.90 Å². The van der Waals surface area contributed by atoms with Crippen molar-refractivity contribution in [3.05, 3.63) is 12.7 Å². The predicted molar refractivity (Wildman–Crippen MR) is 193 cm³/mol. The van der Waals surface area contributed by atoms with Crippen LogP contribution in [0.3, 0.4) is 0 Å². The molecule has 0 aromatic carbocycles. The SMILES string of the molecule is C=CCNC(=O)C(=O)C(CC1CCC1)NC(=O)[C@@H]1[C@H]2CCC(C)(C)[C@H]2CN1C(=O)[C@@H](NC(=O)N[C@H](CN(C)S(C)(=O)=O)C(C)(C)C)C(C)(C)C. The Hall–Kier alpha value is -3.00. The van der Waals surface area contributed by atoms with Gasteiger partial charge in [0.2, 0.25) is 27.6 Å². The van der Waals surface area contributed by atoms with Gasteiger partial charge in [0.15, 0.2) is 0 Å². The van der Waals surface area contributed by atoms with Crippen LogP contribution in [0, 0.1) is 34.0 Å². The minimum absolute atomic E-state index is 0.0186. The molecule has 3 fully saturated rings. The van der Waals surface area contributed by atoms with Gasteiger partial charge in [-0.1, -0.05) is 80.7 Å². The number of amides is 5. The zero-order chi connectivity index (χ0) is 38.0. The number of nitrogens with one attached hydrogen (secondary N) is 4. The fourth-order valence-corrected chi connectivity index (χ4v) is 7.84. The summed E-state index contributed by atoms with van der Waals surface area (Å²) in [5.41, 5.74) is -1.43. The molecule has 1 heterocycles. The highest BCUT2D eigenvalue weighted by atomic mass is 32.2. The summed E-state index contributed by atoms with van der Waals surface area (Å²) in [7, 11) is -2.06. The molecule has 0 aromatic rings. The first-order valence-corrected chi connectivity index (χ1v) is 19.8. The van der Waals surface area contributed by atoms with Gasteiger partial charge in [0.05, 0.1) is 12.3 Å². The molecule has 3 rings (SSSR count). The number of ketones is 1. The second-order valence-corrected chi connectivity index (χ2v) is 19.7. The number of likely N-dealkylation sites (tertiary alicyclic amines) is 1. The Morgan fingerprint density at radius 1 is 0.980 bits per heavy atom. The summed E-state index contributed by atoms with van der Waals surface area (Å²) in [6, 6.07) is -4.16. The number of hydrogen-bond acceptors (Lipinski definition) is 7. The van der Waals surface area contributed by atoms with E-state index in [1.165, 1.54) is 17.4 Å². The highest BCUT2D eigenvalue weighted by molar-refractivity contribution is 7.88. The van der Waals surface area contributed by atoms with Crippen LogP contribution >= 0.6 is 0 Å². The Kier molecular flexibility index (Phi) is 13.0. The van der Waals surface area contributed by atoms with Crippen molar-refractivity contribution in [2.45, 2.75) is 118 Å². The van der Waals surface area contributed by atoms with Crippen molar-refractivity contribution >= 4 is 39.6 Å². The summed E-state index contributed by atoms with van der Waals surface area (Å²) >= 11 is 0. The van der Waals surface area contributed by atoms with Gasteiger partial charge in [-0.3, -0.25) is 19.2 Å². The molecule has 4 N–H and O–H groups in total. The normalized spacial score (nSPS) is 24.0. The van der Waals surface area contributed by atoms with Crippen LogP contribution in [0.4, 0.5) is 4.79 Å². The lowest BCUT2D eigenvalue weighted by Crippen LogP contribution is -2.62. The van der Waals surface area contributed by atoms with E-state index in [9.17, 15) is 32.4 Å². The molecule has 3 aliphatic rings. The Bertz CT molecular complexity index is 1410. The maximum Gasteiger partial charge on any atom is 0.315 e. The van der Waals surface area contributed by atoms with E-state index in [-0.39, 0.29) is 36.3 Å². The van der Waals surface area contributed by atoms with Crippen molar-refractivity contribution in [2.24, 2.45) is 34.0 Å². The van der Waals surface area contributed by atoms with Gasteiger partial charge >= 0.3 is 6.03 Å². The lowest BCUT2D eigenvalue weighted by Gasteiger charge is -2.38. The zero-order valence-corrected chi connectivity index (χ0v) is 32.7. The van der Waals surface area contributed by atoms with Gasteiger partial charge in [-0.05, 0) is 53.3 Å². The van der Waals surface area contributed by atoms with Crippen molar-refractivity contribution in [2.75, 3.05) is 32.9 Å². The summed E-state index contributed by atoms with van der Waals surface area (Å²) in [4.78, 5) is 70.2. The van der Waals surface area contributed by atoms with Gasteiger partial charge < -0.3 is 26.2 Å². The first-order valence-electron chi connectivity index (χ1n) is 17.9. The number of fused-ring (bicyclic) bond motifs is 1. The van der Waals surface area contributed by atoms with E-state index in [0.29, 0.717) is 13.0 Å².